The number of carbonyl (C=O) groups excluding carboxylic acids is 1. The van der Waals surface area contributed by atoms with E-state index in [-0.39, 0.29) is 11.4 Å². The summed E-state index contributed by atoms with van der Waals surface area (Å²) in [5, 5.41) is 18.3. The van der Waals surface area contributed by atoms with Crippen molar-refractivity contribution in [3.05, 3.63) is 23.8 Å². The Morgan fingerprint density at radius 1 is 1.33 bits per heavy atom. The first kappa shape index (κ1) is 15.3. The van der Waals surface area contributed by atoms with Crippen LogP contribution in [0.15, 0.2) is 23.1 Å². The molecule has 1 aliphatic rings. The normalized spacial score (nSPS) is 19.5. The van der Waals surface area contributed by atoms with E-state index < -0.39 is 39.3 Å². The van der Waals surface area contributed by atoms with Crippen LogP contribution in [0.3, 0.4) is 0 Å². The van der Waals surface area contributed by atoms with Gasteiger partial charge in [0.25, 0.3) is 0 Å². The molecule has 1 amide bonds. The molecule has 0 saturated carbocycles. The molecule has 114 valence electrons. The molecule has 1 unspecified atom stereocenters. The van der Waals surface area contributed by atoms with Crippen molar-refractivity contribution in [1.29, 1.82) is 0 Å². The smallest absolute Gasteiger partial charge is 0.339 e. The summed E-state index contributed by atoms with van der Waals surface area (Å²) < 4.78 is 25.9. The zero-order valence-electron chi connectivity index (χ0n) is 10.9. The van der Waals surface area contributed by atoms with Gasteiger partial charge in [-0.25, -0.2) is 13.2 Å². The average molecular weight is 314 g/mol. The Morgan fingerprint density at radius 3 is 2.57 bits per heavy atom. The molecule has 8 nitrogen and oxygen atoms in total. The van der Waals surface area contributed by atoms with E-state index in [2.05, 4.69) is 0 Å². The van der Waals surface area contributed by atoms with Crippen LogP contribution < -0.4 is 5.73 Å². The predicted molar refractivity (Wildman–Crippen MR) is 71.2 cm³/mol. The van der Waals surface area contributed by atoms with E-state index in [1.807, 2.05) is 0 Å². The number of nitrogens with zero attached hydrogens (tertiary/aromatic N) is 1. The van der Waals surface area contributed by atoms with E-state index in [1.54, 1.807) is 0 Å². The summed E-state index contributed by atoms with van der Waals surface area (Å²) in [7, 11) is -4.05. The van der Waals surface area contributed by atoms with E-state index in [0.29, 0.717) is 12.8 Å². The Bertz CT molecular complexity index is 700. The lowest BCUT2D eigenvalue weighted by Gasteiger charge is -2.21. The van der Waals surface area contributed by atoms with Gasteiger partial charge in [-0.05, 0) is 31.0 Å². The summed E-state index contributed by atoms with van der Waals surface area (Å²) in [5.41, 5.74) is 4.66. The van der Waals surface area contributed by atoms with Gasteiger partial charge in [-0.15, -0.1) is 0 Å². The van der Waals surface area contributed by atoms with Gasteiger partial charge in [0.15, 0.2) is 0 Å². The fourth-order valence-electron chi connectivity index (χ4n) is 2.29. The number of nitrogens with two attached hydrogens (primary N) is 1. The number of carbonyl (C=O) groups is 2. The van der Waals surface area contributed by atoms with E-state index in [9.17, 15) is 23.1 Å². The summed E-state index contributed by atoms with van der Waals surface area (Å²) in [6.45, 7) is 0.138. The number of amides is 1. The van der Waals surface area contributed by atoms with Gasteiger partial charge >= 0.3 is 5.97 Å². The third-order valence-electron chi connectivity index (χ3n) is 3.34. The molecule has 1 heterocycles. The van der Waals surface area contributed by atoms with Crippen molar-refractivity contribution < 1.29 is 28.2 Å². The topological polar surface area (TPSA) is 138 Å². The highest BCUT2D eigenvalue weighted by Gasteiger charge is 2.38. The maximum absolute atomic E-state index is 12.5. The van der Waals surface area contributed by atoms with Gasteiger partial charge in [-0.2, -0.15) is 4.31 Å². The van der Waals surface area contributed by atoms with Crippen molar-refractivity contribution in [1.82, 2.24) is 4.31 Å². The third kappa shape index (κ3) is 2.69. The summed E-state index contributed by atoms with van der Waals surface area (Å²) in [5.74, 6) is -2.72. The van der Waals surface area contributed by atoms with E-state index >= 15 is 0 Å². The Hall–Kier alpha value is -2.13. The molecular weight excluding hydrogens is 300 g/mol. The molecule has 1 aromatic rings. The van der Waals surface area contributed by atoms with Gasteiger partial charge in [-0.3, -0.25) is 4.79 Å². The Kier molecular flexibility index (Phi) is 3.88. The Morgan fingerprint density at radius 2 is 2.00 bits per heavy atom. The molecule has 2 rings (SSSR count). The number of benzene rings is 1. The molecule has 1 aromatic carbocycles. The van der Waals surface area contributed by atoms with Crippen molar-refractivity contribution >= 4 is 21.9 Å². The lowest BCUT2D eigenvalue weighted by molar-refractivity contribution is -0.121. The van der Waals surface area contributed by atoms with Gasteiger partial charge in [0, 0.05) is 6.54 Å². The van der Waals surface area contributed by atoms with Crippen LogP contribution in [0.1, 0.15) is 23.2 Å². The van der Waals surface area contributed by atoms with Crippen LogP contribution in [0.2, 0.25) is 0 Å². The highest BCUT2D eigenvalue weighted by Crippen LogP contribution is 2.28. The van der Waals surface area contributed by atoms with Crippen molar-refractivity contribution in [3.8, 4) is 5.75 Å². The number of aromatic hydroxyl groups is 1. The summed E-state index contributed by atoms with van der Waals surface area (Å²) in [6, 6.07) is 2.01. The molecule has 9 heteroatoms. The van der Waals surface area contributed by atoms with Crippen LogP contribution in [0.25, 0.3) is 0 Å². The summed E-state index contributed by atoms with van der Waals surface area (Å²) >= 11 is 0. The monoisotopic (exact) mass is 314 g/mol. The second kappa shape index (κ2) is 5.34. The van der Waals surface area contributed by atoms with Crippen molar-refractivity contribution in [2.45, 2.75) is 23.8 Å². The van der Waals surface area contributed by atoms with Gasteiger partial charge in [0.05, 0.1) is 4.90 Å². The standard InChI is InChI=1S/C12H14N2O6S/c13-11(16)9-2-1-5-14(9)21(19,20)7-3-4-10(15)8(6-7)12(17)18/h3-4,6,9,15H,1-2,5H2,(H2,13,16)(H,17,18). The van der Waals surface area contributed by atoms with Crippen molar-refractivity contribution in [2.75, 3.05) is 6.54 Å². The number of phenols is 1. The van der Waals surface area contributed by atoms with Crippen molar-refractivity contribution in [3.63, 3.8) is 0 Å². The Labute approximate surface area is 120 Å². The minimum absolute atomic E-state index is 0.138. The fourth-order valence-corrected chi connectivity index (χ4v) is 3.99. The maximum atomic E-state index is 12.5. The molecule has 1 aliphatic heterocycles. The average Bonchev–Trinajstić information content (AvgIpc) is 2.88. The van der Waals surface area contributed by atoms with Gasteiger partial charge in [0.2, 0.25) is 15.9 Å². The van der Waals surface area contributed by atoms with Crippen LogP contribution in [0, 0.1) is 0 Å². The molecule has 0 spiro atoms. The number of sulfonamides is 1. The lowest BCUT2D eigenvalue weighted by Crippen LogP contribution is -2.43. The minimum atomic E-state index is -4.05. The zero-order valence-corrected chi connectivity index (χ0v) is 11.7. The zero-order chi connectivity index (χ0) is 15.8. The van der Waals surface area contributed by atoms with Crippen LogP contribution >= 0.6 is 0 Å². The molecule has 0 bridgehead atoms. The first-order chi connectivity index (χ1) is 9.75. The molecule has 1 fully saturated rings. The third-order valence-corrected chi connectivity index (χ3v) is 5.24. The van der Waals surface area contributed by atoms with E-state index in [1.165, 1.54) is 0 Å². The van der Waals surface area contributed by atoms with Crippen LogP contribution in [-0.2, 0) is 14.8 Å². The Balaban J connectivity index is 2.47. The number of carboxylic acid groups (broad SMARTS) is 1. The summed E-state index contributed by atoms with van der Waals surface area (Å²) in [6.07, 6.45) is 0.829. The molecular formula is C12H14N2O6S. The minimum Gasteiger partial charge on any atom is -0.507 e. The number of aromatic carboxylic acids is 1. The molecule has 1 saturated heterocycles. The second-order valence-electron chi connectivity index (χ2n) is 4.66. The number of rotatable bonds is 4. The maximum Gasteiger partial charge on any atom is 0.339 e. The number of primary amides is 1. The van der Waals surface area contributed by atoms with Crippen LogP contribution in [0.4, 0.5) is 0 Å². The van der Waals surface area contributed by atoms with Gasteiger partial charge < -0.3 is 15.9 Å². The first-order valence-corrected chi connectivity index (χ1v) is 7.56. The second-order valence-corrected chi connectivity index (χ2v) is 6.55. The van der Waals surface area contributed by atoms with E-state index in [0.717, 1.165) is 22.5 Å². The fraction of sp³-hybridized carbons (Fsp3) is 0.333. The highest BCUT2D eigenvalue weighted by atomic mass is 32.2. The lowest BCUT2D eigenvalue weighted by atomic mass is 10.2. The van der Waals surface area contributed by atoms with Crippen LogP contribution in [0.5, 0.6) is 5.75 Å². The number of carboxylic acids is 1. The largest absolute Gasteiger partial charge is 0.507 e. The number of hydrogen-bond donors (Lipinski definition) is 3. The van der Waals surface area contributed by atoms with Crippen molar-refractivity contribution in [2.24, 2.45) is 5.73 Å². The van der Waals surface area contributed by atoms with E-state index in [4.69, 9.17) is 10.8 Å². The molecule has 21 heavy (non-hydrogen) atoms. The van der Waals surface area contributed by atoms with Gasteiger partial charge in [0.1, 0.15) is 17.4 Å². The molecule has 0 aliphatic carbocycles. The first-order valence-electron chi connectivity index (χ1n) is 6.12. The molecule has 1 atom stereocenters. The van der Waals surface area contributed by atoms with Gasteiger partial charge in [-0.1, -0.05) is 0 Å². The quantitative estimate of drug-likeness (QED) is 0.699. The summed E-state index contributed by atoms with van der Waals surface area (Å²) in [4.78, 5) is 22.0. The molecule has 0 aromatic heterocycles. The SMILES string of the molecule is NC(=O)C1CCCN1S(=O)(=O)c1ccc(O)c(C(=O)O)c1. The molecule has 4 N–H and O–H groups in total. The molecule has 0 radical (unpaired) electrons. The highest BCUT2D eigenvalue weighted by molar-refractivity contribution is 7.89. The van der Waals surface area contributed by atoms with Crippen LogP contribution in [-0.4, -0.2) is 47.4 Å². The predicted octanol–water partition coefficient (Wildman–Crippen LogP) is -0.271. The number of hydrogen-bond acceptors (Lipinski definition) is 5.